The van der Waals surface area contributed by atoms with Crippen LogP contribution in [-0.4, -0.2) is 58.9 Å². The van der Waals surface area contributed by atoms with E-state index in [-0.39, 0.29) is 11.8 Å². The third-order valence-electron chi connectivity index (χ3n) is 6.92. The van der Waals surface area contributed by atoms with E-state index in [1.165, 1.54) is 11.1 Å². The zero-order valence-corrected chi connectivity index (χ0v) is 20.4. The van der Waals surface area contributed by atoms with Gasteiger partial charge in [-0.05, 0) is 75.3 Å². The lowest BCUT2D eigenvalue weighted by Crippen LogP contribution is -2.40. The van der Waals surface area contributed by atoms with Crippen molar-refractivity contribution in [3.05, 3.63) is 71.9 Å². The molecule has 0 spiro atoms. The molecule has 8 rings (SSSR count). The largest absolute Gasteiger partial charge is 0.356 e. The summed E-state index contributed by atoms with van der Waals surface area (Å²) >= 11 is 0. The third kappa shape index (κ3) is 6.24. The minimum Gasteiger partial charge on any atom is -0.356 e. The van der Waals surface area contributed by atoms with E-state index in [0.717, 1.165) is 75.5 Å². The molecule has 3 aromatic rings. The molecule has 0 saturated carbocycles. The summed E-state index contributed by atoms with van der Waals surface area (Å²) in [6, 6.07) is 18.9. The Morgan fingerprint density at radius 2 is 1.77 bits per heavy atom. The normalized spacial score (nSPS) is 21.8. The van der Waals surface area contributed by atoms with Crippen molar-refractivity contribution in [1.82, 2.24) is 25.1 Å². The van der Waals surface area contributed by atoms with Crippen LogP contribution in [0.15, 0.2) is 60.8 Å². The van der Waals surface area contributed by atoms with Crippen molar-refractivity contribution in [2.24, 2.45) is 5.92 Å². The summed E-state index contributed by atoms with van der Waals surface area (Å²) < 4.78 is 0. The predicted molar refractivity (Wildman–Crippen MR) is 139 cm³/mol. The second kappa shape index (κ2) is 11.0. The summed E-state index contributed by atoms with van der Waals surface area (Å²) in [6.45, 7) is 5.32. The van der Waals surface area contributed by atoms with Crippen LogP contribution in [0.4, 0.5) is 11.6 Å². The van der Waals surface area contributed by atoms with Crippen LogP contribution in [0.2, 0.25) is 0 Å². The van der Waals surface area contributed by atoms with Crippen molar-refractivity contribution in [3.63, 3.8) is 0 Å². The molecule has 8 bridgehead atoms. The van der Waals surface area contributed by atoms with Crippen LogP contribution >= 0.6 is 0 Å². The van der Waals surface area contributed by atoms with E-state index >= 15 is 0 Å². The number of rotatable bonds is 0. The first kappa shape index (κ1) is 23.5. The molecular weight excluding hydrogens is 436 g/mol. The molecule has 2 N–H and O–H groups in total. The Balaban J connectivity index is 1.37. The molecule has 5 aliphatic rings. The fourth-order valence-corrected chi connectivity index (χ4v) is 4.94. The molecule has 6 heterocycles. The smallest absolute Gasteiger partial charge is 0.227 e. The first-order valence-electron chi connectivity index (χ1n) is 12.6. The summed E-state index contributed by atoms with van der Waals surface area (Å²) in [6.07, 6.45) is 4.59. The quantitative estimate of drug-likeness (QED) is 0.516. The summed E-state index contributed by atoms with van der Waals surface area (Å²) in [5.41, 5.74) is 5.45. The lowest BCUT2D eigenvalue weighted by Gasteiger charge is -2.31. The van der Waals surface area contributed by atoms with E-state index in [9.17, 15) is 4.79 Å². The second-order valence-electron chi connectivity index (χ2n) is 9.72. The number of nitrogens with zero attached hydrogens (tertiary/aromatic N) is 4. The number of benzene rings is 2. The van der Waals surface area contributed by atoms with E-state index in [1.54, 1.807) is 6.20 Å². The van der Waals surface area contributed by atoms with Crippen LogP contribution in [0.3, 0.4) is 0 Å². The van der Waals surface area contributed by atoms with Gasteiger partial charge in [0.05, 0.1) is 5.69 Å². The lowest BCUT2D eigenvalue weighted by atomic mass is 9.95. The number of amides is 1. The fourth-order valence-electron chi connectivity index (χ4n) is 4.94. The first-order valence-corrected chi connectivity index (χ1v) is 12.6. The third-order valence-corrected chi connectivity index (χ3v) is 6.92. The van der Waals surface area contributed by atoms with Crippen LogP contribution in [-0.2, 0) is 17.9 Å². The van der Waals surface area contributed by atoms with Gasteiger partial charge in [0.2, 0.25) is 11.9 Å². The van der Waals surface area contributed by atoms with Gasteiger partial charge in [-0.25, -0.2) is 9.97 Å². The van der Waals surface area contributed by atoms with Crippen LogP contribution in [0.5, 0.6) is 0 Å². The van der Waals surface area contributed by atoms with Crippen molar-refractivity contribution in [1.29, 1.82) is 0 Å². The average molecular weight is 471 g/mol. The molecule has 0 atom stereocenters. The van der Waals surface area contributed by atoms with E-state index in [4.69, 9.17) is 4.98 Å². The first-order chi connectivity index (χ1) is 17.1. The molecule has 1 amide bonds. The van der Waals surface area contributed by atoms with Crippen LogP contribution in [0.25, 0.3) is 11.3 Å². The summed E-state index contributed by atoms with van der Waals surface area (Å²) in [5, 5.41) is 6.54. The highest BCUT2D eigenvalue weighted by Gasteiger charge is 2.24. The van der Waals surface area contributed by atoms with Gasteiger partial charge in [-0.1, -0.05) is 36.4 Å². The number of carbonyl (C=O) groups is 1. The summed E-state index contributed by atoms with van der Waals surface area (Å²) in [4.78, 5) is 26.6. The van der Waals surface area contributed by atoms with Crippen LogP contribution in [0, 0.1) is 5.92 Å². The molecule has 35 heavy (non-hydrogen) atoms. The summed E-state index contributed by atoms with van der Waals surface area (Å²) in [5.74, 6) is 0.935. The van der Waals surface area contributed by atoms with Gasteiger partial charge in [0.15, 0.2) is 0 Å². The summed E-state index contributed by atoms with van der Waals surface area (Å²) in [7, 11) is 2.13. The highest BCUT2D eigenvalue weighted by Crippen LogP contribution is 2.23. The number of aromatic nitrogens is 2. The molecule has 2 aromatic carbocycles. The highest BCUT2D eigenvalue weighted by molar-refractivity contribution is 5.78. The Labute approximate surface area is 207 Å². The Hall–Kier alpha value is -3.29. The Kier molecular flexibility index (Phi) is 7.35. The Morgan fingerprint density at radius 1 is 0.943 bits per heavy atom. The van der Waals surface area contributed by atoms with Gasteiger partial charge in [-0.3, -0.25) is 9.69 Å². The molecule has 7 heteroatoms. The molecule has 5 aliphatic heterocycles. The van der Waals surface area contributed by atoms with Gasteiger partial charge in [-0.2, -0.15) is 0 Å². The van der Waals surface area contributed by atoms with Crippen molar-refractivity contribution in [2.75, 3.05) is 38.5 Å². The molecule has 0 aliphatic carbocycles. The van der Waals surface area contributed by atoms with E-state index in [1.807, 2.05) is 12.1 Å². The molecule has 1 aromatic heterocycles. The van der Waals surface area contributed by atoms with Crippen molar-refractivity contribution < 1.29 is 4.79 Å². The fraction of sp³-hybridized carbons (Fsp3) is 0.393. The topological polar surface area (TPSA) is 73.4 Å². The molecule has 7 nitrogen and oxygen atoms in total. The standard InChI is InChI=1S/C28H34N6O/c1-33-15-3-13-29-27(35)24-11-16-34(17-12-24)20-22-4-2-5-25(18-22)31-28-30-14-10-26(32-28)23-8-6-21(19-33)7-9-23/h2,4-10,14,18,24H,3,11-13,15-17,19-20H2,1H3,(H,29,35)(H,30,31,32). The number of anilines is 2. The number of piperidine rings is 1. The second-order valence-corrected chi connectivity index (χ2v) is 9.72. The molecule has 182 valence electrons. The Morgan fingerprint density at radius 3 is 2.60 bits per heavy atom. The van der Waals surface area contributed by atoms with Crippen LogP contribution < -0.4 is 10.6 Å². The molecule has 1 saturated heterocycles. The SMILES string of the molecule is CN1CCCNC(=O)C2CCN(CC2)Cc2cccc(c2)Nc2nccc(n2)-c2ccc(cc2)C1. The maximum Gasteiger partial charge on any atom is 0.227 e. The van der Waals surface area contributed by atoms with E-state index < -0.39 is 0 Å². The molecule has 0 unspecified atom stereocenters. The zero-order valence-electron chi connectivity index (χ0n) is 20.4. The number of nitrogens with one attached hydrogen (secondary N) is 2. The molecule has 1 fully saturated rings. The highest BCUT2D eigenvalue weighted by atomic mass is 16.1. The number of hydrogen-bond donors (Lipinski definition) is 2. The minimum atomic E-state index is 0.126. The number of hydrogen-bond acceptors (Lipinski definition) is 6. The van der Waals surface area contributed by atoms with Crippen molar-refractivity contribution >= 4 is 17.5 Å². The maximum absolute atomic E-state index is 12.7. The predicted octanol–water partition coefficient (Wildman–Crippen LogP) is 4.05. The van der Waals surface area contributed by atoms with Crippen LogP contribution in [0.1, 0.15) is 30.4 Å². The molecular formula is C28H34N6O. The number of carbonyl (C=O) groups excluding carboxylic acids is 1. The van der Waals surface area contributed by atoms with Gasteiger partial charge in [-0.15, -0.1) is 0 Å². The Bertz CT molecular complexity index is 1140. The maximum atomic E-state index is 12.7. The van der Waals surface area contributed by atoms with Gasteiger partial charge in [0.1, 0.15) is 0 Å². The van der Waals surface area contributed by atoms with E-state index in [0.29, 0.717) is 5.95 Å². The van der Waals surface area contributed by atoms with Gasteiger partial charge in [0.25, 0.3) is 0 Å². The average Bonchev–Trinajstić information content (AvgIpc) is 2.87. The lowest BCUT2D eigenvalue weighted by molar-refractivity contribution is -0.126. The molecule has 0 radical (unpaired) electrons. The zero-order chi connectivity index (χ0) is 24.0. The minimum absolute atomic E-state index is 0.126. The van der Waals surface area contributed by atoms with Gasteiger partial charge >= 0.3 is 0 Å². The van der Waals surface area contributed by atoms with Crippen molar-refractivity contribution in [3.8, 4) is 11.3 Å². The van der Waals surface area contributed by atoms with Gasteiger partial charge in [0, 0.05) is 43.0 Å². The van der Waals surface area contributed by atoms with E-state index in [2.05, 4.69) is 74.9 Å². The van der Waals surface area contributed by atoms with Gasteiger partial charge < -0.3 is 15.5 Å². The monoisotopic (exact) mass is 470 g/mol. The van der Waals surface area contributed by atoms with Crippen molar-refractivity contribution in [2.45, 2.75) is 32.4 Å².